The van der Waals surface area contributed by atoms with E-state index in [0.29, 0.717) is 6.42 Å². The second kappa shape index (κ2) is 3.61. The minimum atomic E-state index is -0.869. The Bertz CT molecular complexity index is 245. The van der Waals surface area contributed by atoms with Crippen LogP contribution in [0.1, 0.15) is 26.2 Å². The lowest BCUT2D eigenvalue weighted by molar-refractivity contribution is 0.363. The zero-order chi connectivity index (χ0) is 9.90. The lowest BCUT2D eigenvalue weighted by Gasteiger charge is -2.29. The molecule has 0 spiro atoms. The summed E-state index contributed by atoms with van der Waals surface area (Å²) < 4.78 is 0. The Morgan fingerprint density at radius 2 is 2.15 bits per heavy atom. The molecule has 0 radical (unpaired) electrons. The number of nitrogens with two attached hydrogens (primary N) is 3. The summed E-state index contributed by atoms with van der Waals surface area (Å²) in [4.78, 5) is 7.71. The Labute approximate surface area is 77.3 Å². The van der Waals surface area contributed by atoms with E-state index in [-0.39, 0.29) is 11.9 Å². The van der Waals surface area contributed by atoms with E-state index in [0.717, 1.165) is 12.8 Å². The van der Waals surface area contributed by atoms with E-state index in [2.05, 4.69) is 22.2 Å². The van der Waals surface area contributed by atoms with Crippen LogP contribution >= 0.6 is 0 Å². The standard InChI is InChI=1S/C7H16N6/c1-2-3-4-7(10)12-5(8)11-6(9)13-7/h2-4,10H2,1H3,(H5,8,9,11,12,13). The molecule has 0 bridgehead atoms. The van der Waals surface area contributed by atoms with Gasteiger partial charge in [-0.15, -0.1) is 0 Å². The van der Waals surface area contributed by atoms with E-state index in [1.165, 1.54) is 0 Å². The Balaban J connectivity index is 2.66. The van der Waals surface area contributed by atoms with E-state index in [1.807, 2.05) is 0 Å². The van der Waals surface area contributed by atoms with Gasteiger partial charge in [0.25, 0.3) is 0 Å². The minimum Gasteiger partial charge on any atom is -0.369 e. The van der Waals surface area contributed by atoms with Crippen LogP contribution in [0.25, 0.3) is 0 Å². The summed E-state index contributed by atoms with van der Waals surface area (Å²) in [6, 6.07) is 0. The highest BCUT2D eigenvalue weighted by molar-refractivity contribution is 5.95. The maximum atomic E-state index is 5.89. The van der Waals surface area contributed by atoms with Crippen LogP contribution in [0.3, 0.4) is 0 Å². The summed E-state index contributed by atoms with van der Waals surface area (Å²) in [5.41, 5.74) is 16.8. The van der Waals surface area contributed by atoms with E-state index < -0.39 is 5.79 Å². The van der Waals surface area contributed by atoms with Gasteiger partial charge in [0, 0.05) is 6.42 Å². The van der Waals surface area contributed by atoms with Crippen molar-refractivity contribution in [3.63, 3.8) is 0 Å². The van der Waals surface area contributed by atoms with Gasteiger partial charge in [-0.2, -0.15) is 4.99 Å². The normalized spacial score (nSPS) is 27.5. The van der Waals surface area contributed by atoms with Crippen molar-refractivity contribution in [1.29, 1.82) is 0 Å². The highest BCUT2D eigenvalue weighted by atomic mass is 15.4. The van der Waals surface area contributed by atoms with Crippen LogP contribution in [-0.4, -0.2) is 17.7 Å². The zero-order valence-electron chi connectivity index (χ0n) is 7.75. The third-order valence-corrected chi connectivity index (χ3v) is 1.81. The molecule has 1 atom stereocenters. The quantitative estimate of drug-likeness (QED) is 0.451. The molecule has 0 amide bonds. The van der Waals surface area contributed by atoms with Gasteiger partial charge in [-0.05, 0) is 6.42 Å². The maximum Gasteiger partial charge on any atom is 0.222 e. The van der Waals surface area contributed by atoms with Crippen LogP contribution < -0.4 is 22.5 Å². The van der Waals surface area contributed by atoms with Crippen LogP contribution in [-0.2, 0) is 0 Å². The molecule has 0 saturated carbocycles. The van der Waals surface area contributed by atoms with Crippen LogP contribution in [0.15, 0.2) is 9.98 Å². The van der Waals surface area contributed by atoms with Crippen molar-refractivity contribution in [1.82, 2.24) is 5.32 Å². The predicted molar refractivity (Wildman–Crippen MR) is 52.8 cm³/mol. The first-order valence-corrected chi connectivity index (χ1v) is 4.32. The van der Waals surface area contributed by atoms with Crippen molar-refractivity contribution in [3.8, 4) is 0 Å². The molecule has 0 aromatic carbocycles. The summed E-state index contributed by atoms with van der Waals surface area (Å²) in [7, 11) is 0. The van der Waals surface area contributed by atoms with Crippen molar-refractivity contribution in [2.75, 3.05) is 0 Å². The molecule has 0 aromatic rings. The third-order valence-electron chi connectivity index (χ3n) is 1.81. The molecule has 1 aliphatic heterocycles. The number of aliphatic imine (C=N–C) groups is 2. The van der Waals surface area contributed by atoms with Gasteiger partial charge in [-0.25, -0.2) is 4.99 Å². The van der Waals surface area contributed by atoms with Gasteiger partial charge in [-0.3, -0.25) is 5.73 Å². The van der Waals surface area contributed by atoms with Crippen LogP contribution in [0.2, 0.25) is 0 Å². The molecule has 1 aliphatic rings. The number of unbranched alkanes of at least 4 members (excludes halogenated alkanes) is 1. The van der Waals surface area contributed by atoms with E-state index >= 15 is 0 Å². The molecular formula is C7H16N6. The highest BCUT2D eigenvalue weighted by Crippen LogP contribution is 2.11. The number of hydrogen-bond acceptors (Lipinski definition) is 6. The summed E-state index contributed by atoms with van der Waals surface area (Å²) in [5, 5.41) is 2.80. The van der Waals surface area contributed by atoms with Gasteiger partial charge in [0.15, 0.2) is 11.7 Å². The topological polar surface area (TPSA) is 115 Å². The molecule has 0 saturated heterocycles. The van der Waals surface area contributed by atoms with E-state index in [9.17, 15) is 0 Å². The summed E-state index contributed by atoms with van der Waals surface area (Å²) in [6.45, 7) is 2.08. The molecule has 6 nitrogen and oxygen atoms in total. The lowest BCUT2D eigenvalue weighted by atomic mass is 10.1. The van der Waals surface area contributed by atoms with Crippen LogP contribution in [0, 0.1) is 0 Å². The molecule has 74 valence electrons. The summed E-state index contributed by atoms with van der Waals surface area (Å²) >= 11 is 0. The molecule has 1 unspecified atom stereocenters. The largest absolute Gasteiger partial charge is 0.369 e. The van der Waals surface area contributed by atoms with Crippen LogP contribution in [0.4, 0.5) is 0 Å². The minimum absolute atomic E-state index is 0.134. The van der Waals surface area contributed by atoms with Crippen LogP contribution in [0.5, 0.6) is 0 Å². The number of rotatable bonds is 3. The maximum absolute atomic E-state index is 5.89. The van der Waals surface area contributed by atoms with Crippen molar-refractivity contribution >= 4 is 11.9 Å². The van der Waals surface area contributed by atoms with Crippen molar-refractivity contribution in [2.24, 2.45) is 27.2 Å². The third kappa shape index (κ3) is 2.59. The van der Waals surface area contributed by atoms with E-state index in [4.69, 9.17) is 17.2 Å². The monoisotopic (exact) mass is 184 g/mol. The Morgan fingerprint density at radius 1 is 1.46 bits per heavy atom. The molecule has 1 heterocycles. The first kappa shape index (κ1) is 9.79. The Morgan fingerprint density at radius 3 is 2.69 bits per heavy atom. The first-order chi connectivity index (χ1) is 6.06. The lowest BCUT2D eigenvalue weighted by Crippen LogP contribution is -2.59. The first-order valence-electron chi connectivity index (χ1n) is 4.32. The number of nitrogens with zero attached hydrogens (tertiary/aromatic N) is 2. The second-order valence-electron chi connectivity index (χ2n) is 3.12. The van der Waals surface area contributed by atoms with E-state index in [1.54, 1.807) is 0 Å². The average Bonchev–Trinajstić information content (AvgIpc) is 1.98. The summed E-state index contributed by atoms with van der Waals surface area (Å²) in [5.74, 6) is -0.507. The Kier molecular flexibility index (Phi) is 2.72. The van der Waals surface area contributed by atoms with Gasteiger partial charge in [0.2, 0.25) is 5.96 Å². The molecule has 6 heteroatoms. The second-order valence-corrected chi connectivity index (χ2v) is 3.12. The van der Waals surface area contributed by atoms with Crippen molar-refractivity contribution in [3.05, 3.63) is 0 Å². The van der Waals surface area contributed by atoms with Crippen molar-refractivity contribution in [2.45, 2.75) is 32.0 Å². The van der Waals surface area contributed by atoms with Gasteiger partial charge in [-0.1, -0.05) is 13.3 Å². The average molecular weight is 184 g/mol. The fourth-order valence-electron chi connectivity index (χ4n) is 1.20. The number of guanidine groups is 2. The fourth-order valence-corrected chi connectivity index (χ4v) is 1.20. The fraction of sp³-hybridized carbons (Fsp3) is 0.714. The molecular weight excluding hydrogens is 168 g/mol. The van der Waals surface area contributed by atoms with Crippen molar-refractivity contribution < 1.29 is 0 Å². The summed E-state index contributed by atoms with van der Waals surface area (Å²) in [6.07, 6.45) is 2.71. The molecule has 13 heavy (non-hydrogen) atoms. The van der Waals surface area contributed by atoms with Gasteiger partial charge >= 0.3 is 0 Å². The molecule has 1 rings (SSSR count). The molecule has 0 aromatic heterocycles. The predicted octanol–water partition coefficient (Wildman–Crippen LogP) is -0.978. The SMILES string of the molecule is CCCCC1(N)N=C(N)N=C(N)N1. The number of hydrogen-bond donors (Lipinski definition) is 4. The smallest absolute Gasteiger partial charge is 0.222 e. The molecule has 0 fully saturated rings. The van der Waals surface area contributed by atoms with Gasteiger partial charge < -0.3 is 16.8 Å². The number of nitrogens with one attached hydrogen (secondary N) is 1. The molecule has 0 aliphatic carbocycles. The highest BCUT2D eigenvalue weighted by Gasteiger charge is 2.27. The van der Waals surface area contributed by atoms with Gasteiger partial charge in [0.1, 0.15) is 0 Å². The molecule has 7 N–H and O–H groups in total. The van der Waals surface area contributed by atoms with Gasteiger partial charge in [0.05, 0.1) is 0 Å². The zero-order valence-corrected chi connectivity index (χ0v) is 7.75. The Hall–Kier alpha value is -1.30.